The lowest BCUT2D eigenvalue weighted by Gasteiger charge is -2.30. The second kappa shape index (κ2) is 10.2. The number of anilines is 1. The number of amides is 1. The van der Waals surface area contributed by atoms with Crippen LogP contribution < -0.4 is 9.64 Å². The van der Waals surface area contributed by atoms with Crippen LogP contribution in [0.5, 0.6) is 5.75 Å². The van der Waals surface area contributed by atoms with E-state index in [0.717, 1.165) is 63.2 Å². The number of hydrogen-bond donors (Lipinski definition) is 1. The molecule has 2 aliphatic heterocycles. The number of benzene rings is 3. The van der Waals surface area contributed by atoms with Gasteiger partial charge in [-0.15, -0.1) is 0 Å². The summed E-state index contributed by atoms with van der Waals surface area (Å²) in [7, 11) is 0. The van der Waals surface area contributed by atoms with E-state index in [2.05, 4.69) is 6.92 Å². The van der Waals surface area contributed by atoms with Crippen LogP contribution in [0.2, 0.25) is 0 Å². The SMILES string of the molecule is Cc1ccccc1C(=O)N1CCc2c1cc(C)c(C(OC(C)(C)C)C(=O)O)c2-c1ccc2c(c1C)CCCO2. The number of aryl methyl sites for hydroxylation is 2. The van der Waals surface area contributed by atoms with Gasteiger partial charge in [0.15, 0.2) is 6.10 Å². The highest BCUT2D eigenvalue weighted by molar-refractivity contribution is 6.09. The molecule has 0 saturated heterocycles. The maximum Gasteiger partial charge on any atom is 0.337 e. The molecule has 1 N–H and O–H groups in total. The van der Waals surface area contributed by atoms with Gasteiger partial charge >= 0.3 is 5.97 Å². The smallest absolute Gasteiger partial charge is 0.337 e. The molecule has 2 aliphatic rings. The van der Waals surface area contributed by atoms with Crippen LogP contribution in [0.4, 0.5) is 5.69 Å². The van der Waals surface area contributed by atoms with Gasteiger partial charge in [-0.1, -0.05) is 24.3 Å². The van der Waals surface area contributed by atoms with Gasteiger partial charge in [0.1, 0.15) is 5.75 Å². The molecule has 3 aromatic rings. The van der Waals surface area contributed by atoms with E-state index in [1.54, 1.807) is 0 Å². The Bertz CT molecular complexity index is 1470. The summed E-state index contributed by atoms with van der Waals surface area (Å²) in [5.41, 5.74) is 8.30. The fraction of sp³-hybridized carbons (Fsp3) is 0.394. The molecular weight excluding hydrogens is 490 g/mol. The average Bonchev–Trinajstić information content (AvgIpc) is 3.30. The van der Waals surface area contributed by atoms with E-state index in [4.69, 9.17) is 9.47 Å². The van der Waals surface area contributed by atoms with Gasteiger partial charge in [0.05, 0.1) is 12.2 Å². The molecule has 0 aliphatic carbocycles. The summed E-state index contributed by atoms with van der Waals surface area (Å²) in [4.78, 5) is 28.3. The van der Waals surface area contributed by atoms with Crippen LogP contribution in [-0.2, 0) is 22.4 Å². The maximum atomic E-state index is 13.8. The van der Waals surface area contributed by atoms with Crippen molar-refractivity contribution >= 4 is 17.6 Å². The maximum absolute atomic E-state index is 13.8. The van der Waals surface area contributed by atoms with Gasteiger partial charge in [-0.05, 0) is 118 Å². The quantitative estimate of drug-likeness (QED) is 0.397. The van der Waals surface area contributed by atoms with Crippen molar-refractivity contribution in [3.63, 3.8) is 0 Å². The molecule has 6 nitrogen and oxygen atoms in total. The molecule has 2 heterocycles. The number of carbonyl (C=O) groups excluding carboxylic acids is 1. The van der Waals surface area contributed by atoms with Crippen molar-refractivity contribution in [3.8, 4) is 16.9 Å². The molecule has 0 radical (unpaired) electrons. The number of rotatable bonds is 5. The Balaban J connectivity index is 1.76. The Kier molecular flexibility index (Phi) is 7.02. The lowest BCUT2D eigenvalue weighted by Crippen LogP contribution is -2.30. The summed E-state index contributed by atoms with van der Waals surface area (Å²) in [5.74, 6) is -0.175. The van der Waals surface area contributed by atoms with Crippen LogP contribution in [0.25, 0.3) is 11.1 Å². The molecule has 1 unspecified atom stereocenters. The van der Waals surface area contributed by atoms with E-state index in [1.165, 1.54) is 0 Å². The number of carboxylic acids is 1. The zero-order valence-electron chi connectivity index (χ0n) is 23.7. The number of carbonyl (C=O) groups is 2. The van der Waals surface area contributed by atoms with Gasteiger partial charge in [-0.25, -0.2) is 4.79 Å². The van der Waals surface area contributed by atoms with Crippen LogP contribution in [0, 0.1) is 20.8 Å². The zero-order valence-corrected chi connectivity index (χ0v) is 23.7. The number of hydrogen-bond acceptors (Lipinski definition) is 4. The topological polar surface area (TPSA) is 76.1 Å². The standard InChI is InChI=1S/C33H37NO5/c1-19-10-7-8-11-22(19)31(35)34-16-15-25-26(34)18-20(2)28(30(32(36)37)39-33(4,5)6)29(25)24-13-14-27-23(21(24)3)12-9-17-38-27/h7-8,10-11,13-14,18,30H,9,12,15-17H2,1-6H3,(H,36,37). The summed E-state index contributed by atoms with van der Waals surface area (Å²) in [6, 6.07) is 13.6. The normalized spacial score (nSPS) is 15.4. The lowest BCUT2D eigenvalue weighted by molar-refractivity contribution is -0.160. The van der Waals surface area contributed by atoms with Crippen molar-refractivity contribution in [2.45, 2.75) is 72.5 Å². The van der Waals surface area contributed by atoms with E-state index in [0.29, 0.717) is 30.7 Å². The Labute approximate surface area is 230 Å². The molecule has 204 valence electrons. The van der Waals surface area contributed by atoms with Crippen LogP contribution in [0.1, 0.15) is 77.0 Å². The summed E-state index contributed by atoms with van der Waals surface area (Å²) in [5, 5.41) is 10.4. The van der Waals surface area contributed by atoms with E-state index in [1.807, 2.05) is 82.0 Å². The second-order valence-corrected chi connectivity index (χ2v) is 11.6. The third-order valence-corrected chi connectivity index (χ3v) is 7.77. The first kappa shape index (κ1) is 26.9. The summed E-state index contributed by atoms with van der Waals surface area (Å²) < 4.78 is 12.1. The monoisotopic (exact) mass is 527 g/mol. The van der Waals surface area contributed by atoms with Gasteiger partial charge < -0.3 is 19.5 Å². The average molecular weight is 528 g/mol. The Morgan fingerprint density at radius 1 is 1.00 bits per heavy atom. The number of aliphatic carboxylic acids is 1. The predicted octanol–water partition coefficient (Wildman–Crippen LogP) is 6.75. The molecule has 1 amide bonds. The first-order chi connectivity index (χ1) is 18.5. The zero-order chi connectivity index (χ0) is 28.1. The summed E-state index contributed by atoms with van der Waals surface area (Å²) in [6.45, 7) is 12.8. The largest absolute Gasteiger partial charge is 0.493 e. The Hall–Kier alpha value is -3.64. The minimum absolute atomic E-state index is 0.0405. The first-order valence-corrected chi connectivity index (χ1v) is 13.7. The summed E-state index contributed by atoms with van der Waals surface area (Å²) >= 11 is 0. The molecule has 0 saturated carbocycles. The van der Waals surface area contributed by atoms with Crippen LogP contribution in [-0.4, -0.2) is 35.7 Å². The third kappa shape index (κ3) is 4.94. The fourth-order valence-electron chi connectivity index (χ4n) is 5.98. The van der Waals surface area contributed by atoms with E-state index in [9.17, 15) is 14.7 Å². The van der Waals surface area contributed by atoms with Gasteiger partial charge in [0, 0.05) is 23.4 Å². The van der Waals surface area contributed by atoms with Gasteiger partial charge in [-0.2, -0.15) is 0 Å². The Morgan fingerprint density at radius 3 is 2.44 bits per heavy atom. The molecule has 0 fully saturated rings. The van der Waals surface area contributed by atoms with Crippen molar-refractivity contribution in [2.24, 2.45) is 0 Å². The highest BCUT2D eigenvalue weighted by Crippen LogP contribution is 2.47. The highest BCUT2D eigenvalue weighted by atomic mass is 16.5. The van der Waals surface area contributed by atoms with E-state index in [-0.39, 0.29) is 5.91 Å². The Morgan fingerprint density at radius 2 is 1.74 bits per heavy atom. The molecule has 0 spiro atoms. The van der Waals surface area contributed by atoms with Gasteiger partial charge in [0.25, 0.3) is 5.91 Å². The molecule has 1 atom stereocenters. The number of ether oxygens (including phenoxy) is 2. The molecule has 39 heavy (non-hydrogen) atoms. The first-order valence-electron chi connectivity index (χ1n) is 13.7. The number of nitrogens with zero attached hydrogens (tertiary/aromatic N) is 1. The molecule has 0 aromatic heterocycles. The van der Waals surface area contributed by atoms with Crippen molar-refractivity contribution in [1.82, 2.24) is 0 Å². The molecule has 0 bridgehead atoms. The highest BCUT2D eigenvalue weighted by Gasteiger charge is 2.37. The van der Waals surface area contributed by atoms with Crippen molar-refractivity contribution in [3.05, 3.63) is 81.4 Å². The van der Waals surface area contributed by atoms with Crippen LogP contribution in [0.3, 0.4) is 0 Å². The van der Waals surface area contributed by atoms with Crippen molar-refractivity contribution < 1.29 is 24.2 Å². The molecule has 5 rings (SSSR count). The predicted molar refractivity (Wildman–Crippen MR) is 153 cm³/mol. The third-order valence-electron chi connectivity index (χ3n) is 7.77. The lowest BCUT2D eigenvalue weighted by atomic mass is 9.83. The van der Waals surface area contributed by atoms with E-state index >= 15 is 0 Å². The van der Waals surface area contributed by atoms with Gasteiger partial charge in [-0.3, -0.25) is 4.79 Å². The summed E-state index contributed by atoms with van der Waals surface area (Å²) in [6.07, 6.45) is 1.33. The van der Waals surface area contributed by atoms with Gasteiger partial charge in [0.2, 0.25) is 0 Å². The van der Waals surface area contributed by atoms with Crippen LogP contribution in [0.15, 0.2) is 42.5 Å². The van der Waals surface area contributed by atoms with Crippen LogP contribution >= 0.6 is 0 Å². The minimum Gasteiger partial charge on any atom is -0.493 e. The molecule has 6 heteroatoms. The minimum atomic E-state index is -1.15. The molecular formula is C33H37NO5. The van der Waals surface area contributed by atoms with Crippen molar-refractivity contribution in [1.29, 1.82) is 0 Å². The van der Waals surface area contributed by atoms with E-state index < -0.39 is 17.7 Å². The fourth-order valence-corrected chi connectivity index (χ4v) is 5.98. The second-order valence-electron chi connectivity index (χ2n) is 11.6. The molecule has 3 aromatic carbocycles. The number of fused-ring (bicyclic) bond motifs is 2. The number of carboxylic acid groups (broad SMARTS) is 1. The van der Waals surface area contributed by atoms with Crippen molar-refractivity contribution in [2.75, 3.05) is 18.1 Å².